The first-order valence-electron chi connectivity index (χ1n) is 6.29. The summed E-state index contributed by atoms with van der Waals surface area (Å²) in [7, 11) is 1.64. The molecular weight excluding hydrogens is 270 g/mol. The summed E-state index contributed by atoms with van der Waals surface area (Å²) >= 11 is 0. The third-order valence-electron chi connectivity index (χ3n) is 3.27. The van der Waals surface area contributed by atoms with Crippen LogP contribution in [-0.4, -0.2) is 55.6 Å². The predicted octanol–water partition coefficient (Wildman–Crippen LogP) is -0.245. The number of methoxy groups -OCH3 is 1. The van der Waals surface area contributed by atoms with Gasteiger partial charge in [-0.2, -0.15) is 0 Å². The van der Waals surface area contributed by atoms with Gasteiger partial charge in [0.2, 0.25) is 11.8 Å². The van der Waals surface area contributed by atoms with Crippen LogP contribution in [0.15, 0.2) is 0 Å². The van der Waals surface area contributed by atoms with Crippen LogP contribution >= 0.6 is 12.4 Å². The summed E-state index contributed by atoms with van der Waals surface area (Å²) in [6.45, 7) is 5.03. The SMILES string of the molecule is CO[C@@H]1CCN(C(=O)CNC(=O)[C@@H](N)C(C)C)C1.Cl. The van der Waals surface area contributed by atoms with Crippen molar-refractivity contribution in [2.24, 2.45) is 11.7 Å². The molecule has 1 aliphatic rings. The Morgan fingerprint density at radius 2 is 2.11 bits per heavy atom. The molecule has 0 bridgehead atoms. The number of ether oxygens (including phenoxy) is 1. The van der Waals surface area contributed by atoms with Crippen molar-refractivity contribution in [3.05, 3.63) is 0 Å². The fraction of sp³-hybridized carbons (Fsp3) is 0.833. The standard InChI is InChI=1S/C12H23N3O3.ClH/c1-8(2)11(13)12(17)14-6-10(16)15-5-4-9(7-15)18-3;/h8-9,11H,4-7,13H2,1-3H3,(H,14,17);1H/t9-,11+;/m1./s1. The minimum atomic E-state index is -0.567. The van der Waals surface area contributed by atoms with Crippen molar-refractivity contribution in [2.45, 2.75) is 32.4 Å². The predicted molar refractivity (Wildman–Crippen MR) is 75.1 cm³/mol. The first-order chi connectivity index (χ1) is 8.45. The normalized spacial score (nSPS) is 20.1. The second kappa shape index (κ2) is 8.35. The second-order valence-electron chi connectivity index (χ2n) is 4.97. The zero-order chi connectivity index (χ0) is 13.7. The third kappa shape index (κ3) is 5.34. The molecule has 0 radical (unpaired) electrons. The van der Waals surface area contributed by atoms with E-state index in [1.165, 1.54) is 0 Å². The Kier molecular flexibility index (Phi) is 7.97. The van der Waals surface area contributed by atoms with E-state index in [4.69, 9.17) is 10.5 Å². The van der Waals surface area contributed by atoms with Crippen LogP contribution in [-0.2, 0) is 14.3 Å². The maximum absolute atomic E-state index is 11.8. The monoisotopic (exact) mass is 293 g/mol. The Labute approximate surface area is 120 Å². The summed E-state index contributed by atoms with van der Waals surface area (Å²) in [4.78, 5) is 25.1. The van der Waals surface area contributed by atoms with Gasteiger partial charge in [-0.05, 0) is 12.3 Å². The van der Waals surface area contributed by atoms with Crippen molar-refractivity contribution in [1.82, 2.24) is 10.2 Å². The molecule has 7 heteroatoms. The zero-order valence-corrected chi connectivity index (χ0v) is 12.5. The Balaban J connectivity index is 0.00000324. The first kappa shape index (κ1) is 18.1. The summed E-state index contributed by atoms with van der Waals surface area (Å²) < 4.78 is 5.19. The Morgan fingerprint density at radius 3 is 2.58 bits per heavy atom. The van der Waals surface area contributed by atoms with Crippen LogP contribution < -0.4 is 11.1 Å². The lowest BCUT2D eigenvalue weighted by atomic mass is 10.1. The van der Waals surface area contributed by atoms with E-state index >= 15 is 0 Å². The molecular formula is C12H24ClN3O3. The van der Waals surface area contributed by atoms with Gasteiger partial charge in [-0.25, -0.2) is 0 Å². The average molecular weight is 294 g/mol. The Bertz CT molecular complexity index is 313. The number of amides is 2. The molecule has 6 nitrogen and oxygen atoms in total. The van der Waals surface area contributed by atoms with Gasteiger partial charge in [0.05, 0.1) is 18.7 Å². The number of hydrogen-bond donors (Lipinski definition) is 2. The van der Waals surface area contributed by atoms with E-state index in [2.05, 4.69) is 5.32 Å². The molecule has 1 saturated heterocycles. The van der Waals surface area contributed by atoms with Gasteiger partial charge in [0.15, 0.2) is 0 Å². The highest BCUT2D eigenvalue weighted by atomic mass is 35.5. The highest BCUT2D eigenvalue weighted by Crippen LogP contribution is 2.11. The molecule has 19 heavy (non-hydrogen) atoms. The molecule has 0 saturated carbocycles. The fourth-order valence-corrected chi connectivity index (χ4v) is 1.84. The number of carbonyl (C=O) groups is 2. The molecule has 0 aromatic rings. The number of carbonyl (C=O) groups excluding carboxylic acids is 2. The van der Waals surface area contributed by atoms with Gasteiger partial charge in [0.1, 0.15) is 0 Å². The van der Waals surface area contributed by atoms with E-state index in [9.17, 15) is 9.59 Å². The molecule has 1 heterocycles. The quantitative estimate of drug-likeness (QED) is 0.732. The minimum Gasteiger partial charge on any atom is -0.380 e. The summed E-state index contributed by atoms with van der Waals surface area (Å²) in [6.07, 6.45) is 0.962. The van der Waals surface area contributed by atoms with E-state index in [-0.39, 0.29) is 42.8 Å². The Hall–Kier alpha value is -0.850. The topological polar surface area (TPSA) is 84.7 Å². The number of hydrogen-bond acceptors (Lipinski definition) is 4. The number of nitrogens with zero attached hydrogens (tertiary/aromatic N) is 1. The molecule has 0 aromatic heterocycles. The van der Waals surface area contributed by atoms with Crippen LogP contribution in [0.1, 0.15) is 20.3 Å². The number of nitrogens with one attached hydrogen (secondary N) is 1. The molecule has 1 aliphatic heterocycles. The van der Waals surface area contributed by atoms with Crippen molar-refractivity contribution in [1.29, 1.82) is 0 Å². The van der Waals surface area contributed by atoms with Gasteiger partial charge in [-0.15, -0.1) is 12.4 Å². The van der Waals surface area contributed by atoms with Gasteiger partial charge in [0.25, 0.3) is 0 Å². The van der Waals surface area contributed by atoms with Crippen molar-refractivity contribution < 1.29 is 14.3 Å². The largest absolute Gasteiger partial charge is 0.380 e. The lowest BCUT2D eigenvalue weighted by molar-refractivity contribution is -0.132. The number of halogens is 1. The summed E-state index contributed by atoms with van der Waals surface area (Å²) in [6, 6.07) is -0.567. The maximum atomic E-state index is 11.8. The summed E-state index contributed by atoms with van der Waals surface area (Å²) in [5.41, 5.74) is 5.69. The first-order valence-corrected chi connectivity index (χ1v) is 6.29. The Morgan fingerprint density at radius 1 is 1.47 bits per heavy atom. The van der Waals surface area contributed by atoms with Crippen LogP contribution in [0.2, 0.25) is 0 Å². The van der Waals surface area contributed by atoms with E-state index in [0.717, 1.165) is 6.42 Å². The number of rotatable bonds is 5. The summed E-state index contributed by atoms with van der Waals surface area (Å²) in [5.74, 6) is -0.301. The third-order valence-corrected chi connectivity index (χ3v) is 3.27. The van der Waals surface area contributed by atoms with E-state index in [0.29, 0.717) is 13.1 Å². The number of nitrogens with two attached hydrogens (primary N) is 1. The van der Waals surface area contributed by atoms with Crippen LogP contribution in [0.5, 0.6) is 0 Å². The molecule has 0 aromatic carbocycles. The van der Waals surface area contributed by atoms with Crippen molar-refractivity contribution in [3.63, 3.8) is 0 Å². The zero-order valence-electron chi connectivity index (χ0n) is 11.7. The molecule has 0 aliphatic carbocycles. The van der Waals surface area contributed by atoms with Crippen molar-refractivity contribution >= 4 is 24.2 Å². The van der Waals surface area contributed by atoms with Gasteiger partial charge < -0.3 is 20.7 Å². The average Bonchev–Trinajstić information content (AvgIpc) is 2.83. The lowest BCUT2D eigenvalue weighted by Crippen LogP contribution is -2.47. The highest BCUT2D eigenvalue weighted by Gasteiger charge is 2.26. The van der Waals surface area contributed by atoms with Gasteiger partial charge in [0, 0.05) is 20.2 Å². The molecule has 0 unspecified atom stereocenters. The molecule has 1 fully saturated rings. The molecule has 2 atom stereocenters. The summed E-state index contributed by atoms with van der Waals surface area (Å²) in [5, 5.41) is 2.58. The van der Waals surface area contributed by atoms with Crippen LogP contribution in [0.4, 0.5) is 0 Å². The minimum absolute atomic E-state index is 0. The maximum Gasteiger partial charge on any atom is 0.242 e. The molecule has 0 spiro atoms. The van der Waals surface area contributed by atoms with Crippen molar-refractivity contribution in [2.75, 3.05) is 26.7 Å². The van der Waals surface area contributed by atoms with Gasteiger partial charge in [-0.3, -0.25) is 9.59 Å². The van der Waals surface area contributed by atoms with Crippen LogP contribution in [0, 0.1) is 5.92 Å². The number of likely N-dealkylation sites (tertiary alicyclic amines) is 1. The highest BCUT2D eigenvalue weighted by molar-refractivity contribution is 5.87. The van der Waals surface area contributed by atoms with Crippen molar-refractivity contribution in [3.8, 4) is 0 Å². The van der Waals surface area contributed by atoms with E-state index in [1.807, 2.05) is 13.8 Å². The second-order valence-corrected chi connectivity index (χ2v) is 4.97. The molecule has 112 valence electrons. The smallest absolute Gasteiger partial charge is 0.242 e. The molecule has 3 N–H and O–H groups in total. The van der Waals surface area contributed by atoms with E-state index < -0.39 is 6.04 Å². The van der Waals surface area contributed by atoms with Gasteiger partial charge in [-0.1, -0.05) is 13.8 Å². The lowest BCUT2D eigenvalue weighted by Gasteiger charge is -2.18. The van der Waals surface area contributed by atoms with Gasteiger partial charge >= 0.3 is 0 Å². The van der Waals surface area contributed by atoms with E-state index in [1.54, 1.807) is 12.0 Å². The molecule has 1 rings (SSSR count). The van der Waals surface area contributed by atoms with Crippen LogP contribution in [0.25, 0.3) is 0 Å². The molecule has 2 amide bonds. The fourth-order valence-electron chi connectivity index (χ4n) is 1.84. The van der Waals surface area contributed by atoms with Crippen LogP contribution in [0.3, 0.4) is 0 Å².